The van der Waals surface area contributed by atoms with Crippen molar-refractivity contribution in [1.82, 2.24) is 10.3 Å². The van der Waals surface area contributed by atoms with Crippen molar-refractivity contribution in [3.63, 3.8) is 0 Å². The van der Waals surface area contributed by atoms with Crippen LogP contribution >= 0.6 is 0 Å². The van der Waals surface area contributed by atoms with Gasteiger partial charge in [-0.05, 0) is 18.9 Å². The Morgan fingerprint density at radius 2 is 2.29 bits per heavy atom. The first-order chi connectivity index (χ1) is 10.3. The lowest BCUT2D eigenvalue weighted by Gasteiger charge is -2.08. The second kappa shape index (κ2) is 6.05. The van der Waals surface area contributed by atoms with E-state index in [0.29, 0.717) is 17.9 Å². The van der Waals surface area contributed by atoms with E-state index in [1.165, 1.54) is 12.5 Å². The second-order valence-electron chi connectivity index (χ2n) is 4.84. The molecule has 1 atom stereocenters. The van der Waals surface area contributed by atoms with E-state index >= 15 is 0 Å². The first-order valence-corrected chi connectivity index (χ1v) is 6.82. The van der Waals surface area contributed by atoms with Crippen molar-refractivity contribution >= 4 is 5.91 Å². The molecule has 21 heavy (non-hydrogen) atoms. The molecule has 1 N–H and O–H groups in total. The standard InChI is InChI=1S/C15H15FN2O3/c16-11-5-2-1-4-10(11)8-17-15(19)13-14(21-9-18-13)12-6-3-7-20-12/h1-2,4-5,9,12H,3,6-8H2,(H,17,19). The van der Waals surface area contributed by atoms with Crippen LogP contribution in [0.1, 0.15) is 40.8 Å². The molecule has 2 heterocycles. The van der Waals surface area contributed by atoms with Crippen LogP contribution in [0.15, 0.2) is 35.1 Å². The number of oxazole rings is 1. The van der Waals surface area contributed by atoms with Crippen molar-refractivity contribution in [2.24, 2.45) is 0 Å². The summed E-state index contributed by atoms with van der Waals surface area (Å²) in [4.78, 5) is 16.1. The fourth-order valence-corrected chi connectivity index (χ4v) is 2.34. The van der Waals surface area contributed by atoms with Gasteiger partial charge in [0, 0.05) is 18.7 Å². The predicted octanol–water partition coefficient (Wildman–Crippen LogP) is 2.60. The molecule has 0 spiro atoms. The summed E-state index contributed by atoms with van der Waals surface area (Å²) >= 11 is 0. The van der Waals surface area contributed by atoms with Crippen LogP contribution in [0.4, 0.5) is 4.39 Å². The van der Waals surface area contributed by atoms with Crippen molar-refractivity contribution < 1.29 is 18.3 Å². The van der Waals surface area contributed by atoms with E-state index in [1.807, 2.05) is 0 Å². The highest BCUT2D eigenvalue weighted by atomic mass is 19.1. The zero-order chi connectivity index (χ0) is 14.7. The minimum atomic E-state index is -0.391. The Morgan fingerprint density at radius 1 is 1.43 bits per heavy atom. The molecule has 1 aliphatic heterocycles. The molecule has 0 saturated carbocycles. The smallest absolute Gasteiger partial charge is 0.273 e. The zero-order valence-corrected chi connectivity index (χ0v) is 11.3. The average Bonchev–Trinajstić information content (AvgIpc) is 3.16. The number of halogens is 1. The molecule has 1 aliphatic rings. The number of carbonyl (C=O) groups is 1. The van der Waals surface area contributed by atoms with Gasteiger partial charge in [0.15, 0.2) is 17.8 Å². The molecular weight excluding hydrogens is 275 g/mol. The van der Waals surface area contributed by atoms with E-state index in [9.17, 15) is 9.18 Å². The Bertz CT molecular complexity index is 635. The number of benzene rings is 1. The Labute approximate surface area is 121 Å². The fourth-order valence-electron chi connectivity index (χ4n) is 2.34. The number of ether oxygens (including phenoxy) is 1. The molecule has 0 bridgehead atoms. The van der Waals surface area contributed by atoms with Gasteiger partial charge in [0.25, 0.3) is 5.91 Å². The summed E-state index contributed by atoms with van der Waals surface area (Å²) in [5, 5.41) is 2.65. The summed E-state index contributed by atoms with van der Waals surface area (Å²) in [5.41, 5.74) is 0.631. The Morgan fingerprint density at radius 3 is 3.05 bits per heavy atom. The summed E-state index contributed by atoms with van der Waals surface area (Å²) < 4.78 is 24.3. The third kappa shape index (κ3) is 2.95. The van der Waals surface area contributed by atoms with Gasteiger partial charge in [-0.1, -0.05) is 18.2 Å². The molecule has 0 radical (unpaired) electrons. The maximum absolute atomic E-state index is 13.5. The van der Waals surface area contributed by atoms with Gasteiger partial charge in [0.1, 0.15) is 11.9 Å². The molecule has 0 aliphatic carbocycles. The molecule has 5 nitrogen and oxygen atoms in total. The minimum Gasteiger partial charge on any atom is -0.445 e. The molecule has 1 saturated heterocycles. The monoisotopic (exact) mass is 290 g/mol. The third-order valence-corrected chi connectivity index (χ3v) is 3.43. The highest BCUT2D eigenvalue weighted by Crippen LogP contribution is 2.30. The molecule has 1 aromatic heterocycles. The molecule has 1 amide bonds. The summed E-state index contributed by atoms with van der Waals surface area (Å²) in [6, 6.07) is 6.31. The lowest BCUT2D eigenvalue weighted by atomic mass is 10.1. The number of aromatic nitrogens is 1. The number of amides is 1. The van der Waals surface area contributed by atoms with Crippen LogP contribution in [-0.4, -0.2) is 17.5 Å². The molecule has 2 aromatic rings. The van der Waals surface area contributed by atoms with E-state index in [4.69, 9.17) is 9.15 Å². The topological polar surface area (TPSA) is 64.4 Å². The van der Waals surface area contributed by atoms with Crippen LogP contribution < -0.4 is 5.32 Å². The number of rotatable bonds is 4. The highest BCUT2D eigenvalue weighted by molar-refractivity contribution is 5.93. The molecule has 1 fully saturated rings. The van der Waals surface area contributed by atoms with Crippen LogP contribution in [0, 0.1) is 5.82 Å². The van der Waals surface area contributed by atoms with Gasteiger partial charge in [-0.25, -0.2) is 9.37 Å². The zero-order valence-electron chi connectivity index (χ0n) is 11.3. The van der Waals surface area contributed by atoms with Gasteiger partial charge >= 0.3 is 0 Å². The van der Waals surface area contributed by atoms with Crippen molar-refractivity contribution in [2.75, 3.05) is 6.61 Å². The van der Waals surface area contributed by atoms with Crippen LogP contribution in [0.5, 0.6) is 0 Å². The normalized spacial score (nSPS) is 17.9. The van der Waals surface area contributed by atoms with Gasteiger partial charge in [-0.3, -0.25) is 4.79 Å². The van der Waals surface area contributed by atoms with Gasteiger partial charge in [0.05, 0.1) is 0 Å². The first kappa shape index (κ1) is 13.8. The number of carbonyl (C=O) groups excluding carboxylic acids is 1. The SMILES string of the molecule is O=C(NCc1ccccc1F)c1ncoc1C1CCCO1. The van der Waals surface area contributed by atoms with E-state index in [1.54, 1.807) is 18.2 Å². The van der Waals surface area contributed by atoms with E-state index < -0.39 is 5.91 Å². The van der Waals surface area contributed by atoms with Gasteiger partial charge in [0.2, 0.25) is 0 Å². The lowest BCUT2D eigenvalue weighted by molar-refractivity contribution is 0.0860. The maximum Gasteiger partial charge on any atom is 0.273 e. The van der Waals surface area contributed by atoms with Crippen LogP contribution in [0.25, 0.3) is 0 Å². The van der Waals surface area contributed by atoms with Crippen LogP contribution in [0.3, 0.4) is 0 Å². The van der Waals surface area contributed by atoms with Crippen molar-refractivity contribution in [1.29, 1.82) is 0 Å². The van der Waals surface area contributed by atoms with Crippen molar-refractivity contribution in [3.8, 4) is 0 Å². The van der Waals surface area contributed by atoms with Crippen LogP contribution in [-0.2, 0) is 11.3 Å². The molecule has 110 valence electrons. The van der Waals surface area contributed by atoms with E-state index in [2.05, 4.69) is 10.3 Å². The summed E-state index contributed by atoms with van der Waals surface area (Å²) in [6.45, 7) is 0.755. The third-order valence-electron chi connectivity index (χ3n) is 3.43. The average molecular weight is 290 g/mol. The molecule has 1 aromatic carbocycles. The predicted molar refractivity (Wildman–Crippen MR) is 72.0 cm³/mol. The van der Waals surface area contributed by atoms with Crippen LogP contribution in [0.2, 0.25) is 0 Å². The highest BCUT2D eigenvalue weighted by Gasteiger charge is 2.27. The van der Waals surface area contributed by atoms with Gasteiger partial charge < -0.3 is 14.5 Å². The quantitative estimate of drug-likeness (QED) is 0.940. The second-order valence-corrected chi connectivity index (χ2v) is 4.84. The Balaban J connectivity index is 1.69. The van der Waals surface area contributed by atoms with Crippen molar-refractivity contribution in [2.45, 2.75) is 25.5 Å². The van der Waals surface area contributed by atoms with Crippen molar-refractivity contribution in [3.05, 3.63) is 53.5 Å². The van der Waals surface area contributed by atoms with E-state index in [-0.39, 0.29) is 24.2 Å². The number of hydrogen-bond donors (Lipinski definition) is 1. The lowest BCUT2D eigenvalue weighted by Crippen LogP contribution is -2.25. The number of hydrogen-bond acceptors (Lipinski definition) is 4. The first-order valence-electron chi connectivity index (χ1n) is 6.82. The number of nitrogens with one attached hydrogen (secondary N) is 1. The molecule has 3 rings (SSSR count). The molecular formula is C15H15FN2O3. The van der Waals surface area contributed by atoms with Gasteiger partial charge in [-0.2, -0.15) is 0 Å². The fraction of sp³-hybridized carbons (Fsp3) is 0.333. The Hall–Kier alpha value is -2.21. The summed E-state index contributed by atoms with van der Waals surface area (Å²) in [5.74, 6) is -0.298. The molecule has 1 unspecified atom stereocenters. The minimum absolute atomic E-state index is 0.101. The maximum atomic E-state index is 13.5. The number of nitrogens with zero attached hydrogens (tertiary/aromatic N) is 1. The van der Waals surface area contributed by atoms with Gasteiger partial charge in [-0.15, -0.1) is 0 Å². The summed E-state index contributed by atoms with van der Waals surface area (Å²) in [6.07, 6.45) is 2.75. The Kier molecular flexibility index (Phi) is 3.96. The van der Waals surface area contributed by atoms with E-state index in [0.717, 1.165) is 12.8 Å². The largest absolute Gasteiger partial charge is 0.445 e. The summed E-state index contributed by atoms with van der Waals surface area (Å²) in [7, 11) is 0. The molecule has 6 heteroatoms.